The summed E-state index contributed by atoms with van der Waals surface area (Å²) in [5.74, 6) is 1.41. The average molecular weight is 356 g/mol. The zero-order valence-electron chi connectivity index (χ0n) is 14.6. The third kappa shape index (κ3) is 3.86. The number of imidazole rings is 1. The summed E-state index contributed by atoms with van der Waals surface area (Å²) in [7, 11) is 1.86. The van der Waals surface area contributed by atoms with E-state index < -0.39 is 0 Å². The van der Waals surface area contributed by atoms with Crippen LogP contribution < -0.4 is 5.32 Å². The van der Waals surface area contributed by atoms with Crippen molar-refractivity contribution < 1.29 is 9.90 Å². The van der Waals surface area contributed by atoms with E-state index >= 15 is 0 Å². The van der Waals surface area contributed by atoms with Gasteiger partial charge in [0.25, 0.3) is 0 Å². The van der Waals surface area contributed by atoms with Crippen LogP contribution in [-0.2, 0) is 13.6 Å². The third-order valence-electron chi connectivity index (χ3n) is 3.90. The number of urea groups is 1. The number of aryl methyl sites for hydroxylation is 2. The van der Waals surface area contributed by atoms with E-state index in [0.717, 1.165) is 11.5 Å². The minimum Gasteiger partial charge on any atom is -0.395 e. The predicted molar refractivity (Wildman–Crippen MR) is 93.6 cm³/mol. The molecule has 2 heterocycles. The van der Waals surface area contributed by atoms with Crippen LogP contribution in [-0.4, -0.2) is 58.9 Å². The minimum absolute atomic E-state index is 0.130. The number of carbonyl (C=O) groups is 1. The molecule has 1 aromatic carbocycles. The van der Waals surface area contributed by atoms with Gasteiger partial charge in [-0.2, -0.15) is 4.68 Å². The average Bonchev–Trinajstić information content (AvgIpc) is 3.24. The number of nitrogens with one attached hydrogen (secondary N) is 1. The van der Waals surface area contributed by atoms with Crippen LogP contribution in [0.15, 0.2) is 36.7 Å². The van der Waals surface area contributed by atoms with Gasteiger partial charge in [0.1, 0.15) is 5.82 Å². The van der Waals surface area contributed by atoms with E-state index in [1.54, 1.807) is 29.9 Å². The second-order valence-electron chi connectivity index (χ2n) is 5.71. The lowest BCUT2D eigenvalue weighted by molar-refractivity contribution is 0.183. The number of carbonyl (C=O) groups excluding carboxylic acids is 1. The molecule has 2 amide bonds. The van der Waals surface area contributed by atoms with Crippen molar-refractivity contribution in [2.24, 2.45) is 7.05 Å². The molecule has 10 nitrogen and oxygen atoms in total. The second kappa shape index (κ2) is 7.74. The van der Waals surface area contributed by atoms with Gasteiger partial charge < -0.3 is 19.9 Å². The Morgan fingerprint density at radius 2 is 2.08 bits per heavy atom. The van der Waals surface area contributed by atoms with Gasteiger partial charge in [0.2, 0.25) is 0 Å². The number of aliphatic hydroxyl groups is 1. The molecule has 0 radical (unpaired) electrons. The molecule has 0 aliphatic heterocycles. The Hall–Kier alpha value is -3.27. The molecule has 26 heavy (non-hydrogen) atoms. The van der Waals surface area contributed by atoms with E-state index in [1.807, 2.05) is 29.9 Å². The number of aromatic nitrogens is 6. The fourth-order valence-corrected chi connectivity index (χ4v) is 2.45. The van der Waals surface area contributed by atoms with E-state index in [-0.39, 0.29) is 19.2 Å². The number of hydrogen-bond acceptors (Lipinski definition) is 6. The molecule has 0 atom stereocenters. The Bertz CT molecular complexity index is 871. The van der Waals surface area contributed by atoms with Crippen molar-refractivity contribution in [2.45, 2.75) is 13.5 Å². The van der Waals surface area contributed by atoms with E-state index in [0.29, 0.717) is 18.1 Å². The molecule has 2 aromatic heterocycles. The van der Waals surface area contributed by atoms with Gasteiger partial charge in [0.05, 0.1) is 18.8 Å². The van der Waals surface area contributed by atoms with Gasteiger partial charge in [0.15, 0.2) is 5.82 Å². The quantitative estimate of drug-likeness (QED) is 0.673. The first-order chi connectivity index (χ1) is 12.6. The van der Waals surface area contributed by atoms with Crippen LogP contribution in [0.3, 0.4) is 0 Å². The third-order valence-corrected chi connectivity index (χ3v) is 3.90. The normalized spacial score (nSPS) is 10.7. The lowest BCUT2D eigenvalue weighted by Gasteiger charge is -2.22. The van der Waals surface area contributed by atoms with Gasteiger partial charge in [-0.15, -0.1) is 5.10 Å². The maximum Gasteiger partial charge on any atom is 0.322 e. The maximum atomic E-state index is 12.5. The molecule has 0 saturated carbocycles. The van der Waals surface area contributed by atoms with Gasteiger partial charge in [-0.05, 0) is 41.6 Å². The highest BCUT2D eigenvalue weighted by Gasteiger charge is 2.16. The molecule has 0 aliphatic rings. The van der Waals surface area contributed by atoms with E-state index in [2.05, 4.69) is 25.8 Å². The van der Waals surface area contributed by atoms with Crippen molar-refractivity contribution in [3.63, 3.8) is 0 Å². The summed E-state index contributed by atoms with van der Waals surface area (Å²) >= 11 is 0. The van der Waals surface area contributed by atoms with Crippen LogP contribution in [0.4, 0.5) is 10.5 Å². The number of nitrogens with zero attached hydrogens (tertiary/aromatic N) is 7. The molecule has 0 spiro atoms. The van der Waals surface area contributed by atoms with E-state index in [1.165, 1.54) is 4.90 Å². The van der Waals surface area contributed by atoms with Crippen LogP contribution in [0.25, 0.3) is 5.69 Å². The highest BCUT2D eigenvalue weighted by atomic mass is 16.3. The molecular formula is C16H20N8O2. The van der Waals surface area contributed by atoms with Crippen molar-refractivity contribution in [2.75, 3.05) is 18.5 Å². The van der Waals surface area contributed by atoms with Crippen LogP contribution in [0.1, 0.15) is 11.6 Å². The smallest absolute Gasteiger partial charge is 0.322 e. The summed E-state index contributed by atoms with van der Waals surface area (Å²) in [6, 6.07) is 6.86. The lowest BCUT2D eigenvalue weighted by Crippen LogP contribution is -2.37. The SMILES string of the molecule is Cc1nnnn1-c1ccc(NC(=O)N(CCO)Cc2nccn2C)cc1. The lowest BCUT2D eigenvalue weighted by atomic mass is 10.3. The van der Waals surface area contributed by atoms with Crippen LogP contribution in [0.5, 0.6) is 0 Å². The fraction of sp³-hybridized carbons (Fsp3) is 0.312. The van der Waals surface area contributed by atoms with Crippen molar-refractivity contribution >= 4 is 11.7 Å². The largest absolute Gasteiger partial charge is 0.395 e. The number of anilines is 1. The summed E-state index contributed by atoms with van der Waals surface area (Å²) in [5.41, 5.74) is 1.43. The number of hydrogen-bond donors (Lipinski definition) is 2. The maximum absolute atomic E-state index is 12.5. The molecule has 0 aliphatic carbocycles. The monoisotopic (exact) mass is 356 g/mol. The number of amides is 2. The Balaban J connectivity index is 1.69. The molecule has 0 fully saturated rings. The first kappa shape index (κ1) is 17.5. The Labute approximate surface area is 150 Å². The number of tetrazole rings is 1. The van der Waals surface area contributed by atoms with E-state index in [4.69, 9.17) is 0 Å². The predicted octanol–water partition coefficient (Wildman–Crippen LogP) is 0.731. The zero-order chi connectivity index (χ0) is 18.5. The summed E-state index contributed by atoms with van der Waals surface area (Å²) in [6.45, 7) is 2.19. The highest BCUT2D eigenvalue weighted by Crippen LogP contribution is 2.14. The van der Waals surface area contributed by atoms with Crippen molar-refractivity contribution in [1.29, 1.82) is 0 Å². The highest BCUT2D eigenvalue weighted by molar-refractivity contribution is 5.89. The molecule has 3 aromatic rings. The van der Waals surface area contributed by atoms with Crippen LogP contribution in [0.2, 0.25) is 0 Å². The van der Waals surface area contributed by atoms with Gasteiger partial charge in [-0.3, -0.25) is 0 Å². The summed E-state index contributed by atoms with van der Waals surface area (Å²) in [6.07, 6.45) is 3.48. The number of rotatable bonds is 6. The zero-order valence-corrected chi connectivity index (χ0v) is 14.6. The van der Waals surface area contributed by atoms with Gasteiger partial charge in [0, 0.05) is 31.7 Å². The molecule has 3 rings (SSSR count). The molecule has 10 heteroatoms. The van der Waals surface area contributed by atoms with E-state index in [9.17, 15) is 9.90 Å². The molecule has 0 bridgehead atoms. The van der Waals surface area contributed by atoms with Crippen LogP contribution in [0, 0.1) is 6.92 Å². The van der Waals surface area contributed by atoms with Gasteiger partial charge >= 0.3 is 6.03 Å². The first-order valence-corrected chi connectivity index (χ1v) is 8.07. The van der Waals surface area contributed by atoms with Crippen molar-refractivity contribution in [3.05, 3.63) is 48.3 Å². The number of aliphatic hydroxyl groups excluding tert-OH is 1. The molecule has 0 saturated heterocycles. The first-order valence-electron chi connectivity index (χ1n) is 8.07. The van der Waals surface area contributed by atoms with Crippen LogP contribution >= 0.6 is 0 Å². The number of benzene rings is 1. The Morgan fingerprint density at radius 1 is 1.31 bits per heavy atom. The van der Waals surface area contributed by atoms with Crippen molar-refractivity contribution in [1.82, 2.24) is 34.7 Å². The molecule has 2 N–H and O–H groups in total. The minimum atomic E-state index is -0.312. The summed E-state index contributed by atoms with van der Waals surface area (Å²) < 4.78 is 3.44. The molecular weight excluding hydrogens is 336 g/mol. The van der Waals surface area contributed by atoms with Gasteiger partial charge in [-0.25, -0.2) is 9.78 Å². The summed E-state index contributed by atoms with van der Waals surface area (Å²) in [5, 5.41) is 23.4. The fourth-order valence-electron chi connectivity index (χ4n) is 2.45. The Morgan fingerprint density at radius 3 is 2.65 bits per heavy atom. The second-order valence-corrected chi connectivity index (χ2v) is 5.71. The standard InChI is InChI=1S/C16H20N8O2/c1-12-19-20-21-24(12)14-5-3-13(4-6-14)18-16(26)23(9-10-25)11-15-17-7-8-22(15)2/h3-8,25H,9-11H2,1-2H3,(H,18,26). The topological polar surface area (TPSA) is 114 Å². The van der Waals surface area contributed by atoms with Gasteiger partial charge in [-0.1, -0.05) is 0 Å². The molecule has 0 unspecified atom stereocenters. The Kier molecular flexibility index (Phi) is 5.23. The summed E-state index contributed by atoms with van der Waals surface area (Å²) in [4.78, 5) is 18.3. The molecule has 136 valence electrons. The van der Waals surface area contributed by atoms with Crippen molar-refractivity contribution in [3.8, 4) is 5.69 Å².